The number of rotatable bonds is 4. The first-order valence-electron chi connectivity index (χ1n) is 9.19. The van der Waals surface area contributed by atoms with Gasteiger partial charge < -0.3 is 15.1 Å². The summed E-state index contributed by atoms with van der Waals surface area (Å²) in [6.07, 6.45) is 2.43. The van der Waals surface area contributed by atoms with Gasteiger partial charge in [-0.1, -0.05) is 32.9 Å². The number of nitrogens with one attached hydrogen (secondary N) is 1. The molecule has 1 aromatic heterocycles. The minimum atomic E-state index is -0.0471. The molecule has 3 rings (SSSR count). The Hall–Kier alpha value is -2.89. The molecule has 1 aliphatic rings. The fourth-order valence-electron chi connectivity index (χ4n) is 3.01. The van der Waals surface area contributed by atoms with E-state index in [2.05, 4.69) is 43.2 Å². The van der Waals surface area contributed by atoms with Crippen LogP contribution in [-0.4, -0.2) is 53.3 Å². The third-order valence-electron chi connectivity index (χ3n) is 4.78. The molecule has 0 unspecified atom stereocenters. The van der Waals surface area contributed by atoms with Gasteiger partial charge in [0.25, 0.3) is 5.91 Å². The van der Waals surface area contributed by atoms with E-state index in [9.17, 15) is 9.59 Å². The summed E-state index contributed by atoms with van der Waals surface area (Å²) in [4.78, 5) is 31.1. The van der Waals surface area contributed by atoms with Crippen molar-refractivity contribution in [3.8, 4) is 0 Å². The van der Waals surface area contributed by atoms with Crippen molar-refractivity contribution in [1.82, 2.24) is 14.8 Å². The summed E-state index contributed by atoms with van der Waals surface area (Å²) in [5.41, 5.74) is 2.91. The van der Waals surface area contributed by atoms with Crippen molar-refractivity contribution in [3.63, 3.8) is 0 Å². The minimum absolute atomic E-state index is 0.0471. The molecular weight excluding hydrogens is 340 g/mol. The number of carbonyl (C=O) groups is 2. The van der Waals surface area contributed by atoms with Crippen LogP contribution in [0.3, 0.4) is 0 Å². The van der Waals surface area contributed by atoms with Crippen LogP contribution in [-0.2, 0) is 10.2 Å². The number of anilines is 2. The van der Waals surface area contributed by atoms with E-state index in [1.54, 1.807) is 22.1 Å². The molecule has 1 aliphatic heterocycles. The van der Waals surface area contributed by atoms with Gasteiger partial charge in [0.2, 0.25) is 6.41 Å². The predicted molar refractivity (Wildman–Crippen MR) is 106 cm³/mol. The van der Waals surface area contributed by atoms with Gasteiger partial charge in [0, 0.05) is 38.1 Å². The van der Waals surface area contributed by atoms with Crippen LogP contribution in [0.2, 0.25) is 0 Å². The van der Waals surface area contributed by atoms with Crippen molar-refractivity contribution in [3.05, 3.63) is 53.7 Å². The summed E-state index contributed by atoms with van der Waals surface area (Å²) in [5, 5.41) is 3.26. The van der Waals surface area contributed by atoms with Gasteiger partial charge in [-0.2, -0.15) is 0 Å². The predicted octanol–water partition coefficient (Wildman–Crippen LogP) is 3.04. The highest BCUT2D eigenvalue weighted by atomic mass is 16.2. The lowest BCUT2D eigenvalue weighted by Gasteiger charge is -2.32. The van der Waals surface area contributed by atoms with E-state index in [1.165, 1.54) is 5.56 Å². The van der Waals surface area contributed by atoms with Crippen molar-refractivity contribution in [1.29, 1.82) is 0 Å². The monoisotopic (exact) mass is 366 g/mol. The van der Waals surface area contributed by atoms with Gasteiger partial charge in [-0.25, -0.2) is 4.98 Å². The number of amides is 2. The average molecular weight is 366 g/mol. The molecule has 0 atom stereocenters. The molecule has 142 valence electrons. The zero-order chi connectivity index (χ0) is 19.4. The fourth-order valence-corrected chi connectivity index (χ4v) is 3.01. The van der Waals surface area contributed by atoms with Crippen molar-refractivity contribution in [2.45, 2.75) is 26.2 Å². The van der Waals surface area contributed by atoms with Gasteiger partial charge in [0.1, 0.15) is 5.82 Å². The maximum atomic E-state index is 12.6. The molecule has 1 saturated heterocycles. The van der Waals surface area contributed by atoms with E-state index in [-0.39, 0.29) is 11.3 Å². The molecule has 1 fully saturated rings. The maximum Gasteiger partial charge on any atom is 0.255 e. The lowest BCUT2D eigenvalue weighted by molar-refractivity contribution is -0.119. The number of benzene rings is 1. The van der Waals surface area contributed by atoms with Gasteiger partial charge in [-0.05, 0) is 35.2 Å². The molecule has 0 aliphatic carbocycles. The molecule has 1 N–H and O–H groups in total. The zero-order valence-corrected chi connectivity index (χ0v) is 16.1. The van der Waals surface area contributed by atoms with Crippen molar-refractivity contribution >= 4 is 23.8 Å². The van der Waals surface area contributed by atoms with E-state index >= 15 is 0 Å². The van der Waals surface area contributed by atoms with Crippen molar-refractivity contribution in [2.75, 3.05) is 31.5 Å². The molecule has 0 radical (unpaired) electrons. The van der Waals surface area contributed by atoms with Gasteiger partial charge in [-0.15, -0.1) is 0 Å². The third-order valence-corrected chi connectivity index (χ3v) is 4.78. The summed E-state index contributed by atoms with van der Waals surface area (Å²) in [6.45, 7) is 8.82. The molecule has 6 nitrogen and oxygen atoms in total. The Morgan fingerprint density at radius 1 is 1.04 bits per heavy atom. The summed E-state index contributed by atoms with van der Waals surface area (Å²) in [7, 11) is 0. The third kappa shape index (κ3) is 4.64. The second kappa shape index (κ2) is 7.78. The van der Waals surface area contributed by atoms with Crippen molar-refractivity contribution < 1.29 is 9.59 Å². The summed E-state index contributed by atoms with van der Waals surface area (Å²) < 4.78 is 0. The highest BCUT2D eigenvalue weighted by Crippen LogP contribution is 2.24. The van der Waals surface area contributed by atoms with E-state index in [0.29, 0.717) is 37.6 Å². The first-order chi connectivity index (χ1) is 12.9. The summed E-state index contributed by atoms with van der Waals surface area (Å²) >= 11 is 0. The molecule has 27 heavy (non-hydrogen) atoms. The van der Waals surface area contributed by atoms with Gasteiger partial charge >= 0.3 is 0 Å². The molecule has 2 amide bonds. The van der Waals surface area contributed by atoms with E-state index < -0.39 is 0 Å². The molecule has 0 spiro atoms. The lowest BCUT2D eigenvalue weighted by Crippen LogP contribution is -2.48. The second-order valence-corrected chi connectivity index (χ2v) is 7.82. The first-order valence-corrected chi connectivity index (χ1v) is 9.19. The van der Waals surface area contributed by atoms with Gasteiger partial charge in [-0.3, -0.25) is 9.59 Å². The number of pyridine rings is 1. The smallest absolute Gasteiger partial charge is 0.255 e. The quantitative estimate of drug-likeness (QED) is 0.845. The van der Waals surface area contributed by atoms with Crippen LogP contribution >= 0.6 is 0 Å². The Kier molecular flexibility index (Phi) is 5.44. The number of piperazine rings is 1. The summed E-state index contributed by atoms with van der Waals surface area (Å²) in [6, 6.07) is 11.9. The largest absolute Gasteiger partial charge is 0.342 e. The highest BCUT2D eigenvalue weighted by Gasteiger charge is 2.21. The molecule has 2 aromatic rings. The van der Waals surface area contributed by atoms with Crippen molar-refractivity contribution in [2.24, 2.45) is 0 Å². The topological polar surface area (TPSA) is 65.5 Å². The number of carbonyl (C=O) groups excluding carboxylic acids is 2. The van der Waals surface area contributed by atoms with Gasteiger partial charge in [0.05, 0.1) is 5.56 Å². The summed E-state index contributed by atoms with van der Waals surface area (Å²) in [5.74, 6) is 0.648. The molecule has 6 heteroatoms. The first kappa shape index (κ1) is 18.9. The molecule has 2 heterocycles. The van der Waals surface area contributed by atoms with E-state index in [1.807, 2.05) is 18.2 Å². The van der Waals surface area contributed by atoms with Crippen LogP contribution in [0.5, 0.6) is 0 Å². The normalized spacial score (nSPS) is 14.8. The van der Waals surface area contributed by atoms with Crippen LogP contribution in [0, 0.1) is 0 Å². The van der Waals surface area contributed by atoms with Crippen LogP contribution in [0.25, 0.3) is 0 Å². The molecule has 0 bridgehead atoms. The second-order valence-electron chi connectivity index (χ2n) is 7.82. The molecule has 0 saturated carbocycles. The van der Waals surface area contributed by atoms with E-state index in [0.717, 1.165) is 12.1 Å². The van der Waals surface area contributed by atoms with Gasteiger partial charge in [0.15, 0.2) is 0 Å². The maximum absolute atomic E-state index is 12.6. The number of hydrogen-bond acceptors (Lipinski definition) is 4. The number of hydrogen-bond donors (Lipinski definition) is 1. The highest BCUT2D eigenvalue weighted by molar-refractivity contribution is 5.94. The fraction of sp³-hybridized carbons (Fsp3) is 0.381. The average Bonchev–Trinajstić information content (AvgIpc) is 2.68. The Balaban J connectivity index is 1.62. The number of nitrogens with zero attached hydrogens (tertiary/aromatic N) is 3. The van der Waals surface area contributed by atoms with Crippen LogP contribution < -0.4 is 5.32 Å². The Labute approximate surface area is 160 Å². The Morgan fingerprint density at radius 2 is 1.70 bits per heavy atom. The Bertz CT molecular complexity index is 786. The standard InChI is InChI=1S/C21H26N4O2/c1-21(2,3)17-5-7-18(8-6-17)23-19-9-4-16(14-22-19)20(27)25-12-10-24(15-26)11-13-25/h4-9,14-15H,10-13H2,1-3H3,(H,22,23). The van der Waals surface area contributed by atoms with Crippen LogP contribution in [0.1, 0.15) is 36.7 Å². The van der Waals surface area contributed by atoms with Crippen LogP contribution in [0.15, 0.2) is 42.6 Å². The molecule has 1 aromatic carbocycles. The van der Waals surface area contributed by atoms with Crippen LogP contribution in [0.4, 0.5) is 11.5 Å². The molecular formula is C21H26N4O2. The lowest BCUT2D eigenvalue weighted by atomic mass is 9.87. The number of aromatic nitrogens is 1. The SMILES string of the molecule is CC(C)(C)c1ccc(Nc2ccc(C(=O)N3CCN(C=O)CC3)cn2)cc1. The zero-order valence-electron chi connectivity index (χ0n) is 16.1. The Morgan fingerprint density at radius 3 is 2.22 bits per heavy atom. The minimum Gasteiger partial charge on any atom is -0.342 e. The van der Waals surface area contributed by atoms with E-state index in [4.69, 9.17) is 0 Å².